The van der Waals surface area contributed by atoms with Gasteiger partial charge in [-0.25, -0.2) is 5.01 Å². The Morgan fingerprint density at radius 2 is 1.92 bits per heavy atom. The molecule has 2 aromatic rings. The monoisotopic (exact) mass is 347 g/mol. The van der Waals surface area contributed by atoms with Gasteiger partial charge >= 0.3 is 0 Å². The fourth-order valence-corrected chi connectivity index (χ4v) is 2.52. The van der Waals surface area contributed by atoms with Crippen molar-refractivity contribution in [3.63, 3.8) is 0 Å². The van der Waals surface area contributed by atoms with Crippen LogP contribution in [0.4, 0.5) is 5.69 Å². The second-order valence-corrected chi connectivity index (χ2v) is 5.77. The van der Waals surface area contributed by atoms with E-state index in [4.69, 9.17) is 5.26 Å². The standard InChI is InChI=1S/C19H17N5O2/c1-13(15-9-7-14(11-20)8-10-15)22-19(26)18-21-12-17(25)24(23-18)16-5-3-2-4-6-16/h2-10,13H,12H2,1H3,(H,21,23)(H,22,26)/t13-/m0/s1. The smallest absolute Gasteiger partial charge is 0.288 e. The lowest BCUT2D eigenvalue weighted by molar-refractivity contribution is -0.118. The molecule has 26 heavy (non-hydrogen) atoms. The normalized spacial score (nSPS) is 14.7. The van der Waals surface area contributed by atoms with Crippen LogP contribution in [0, 0.1) is 11.3 Å². The molecule has 130 valence electrons. The first-order chi connectivity index (χ1) is 12.6. The van der Waals surface area contributed by atoms with Crippen LogP contribution >= 0.6 is 0 Å². The molecule has 0 aliphatic carbocycles. The first kappa shape index (κ1) is 17.2. The van der Waals surface area contributed by atoms with Crippen molar-refractivity contribution in [1.82, 2.24) is 10.7 Å². The molecule has 1 atom stereocenters. The molecule has 2 N–H and O–H groups in total. The number of para-hydroxylation sites is 1. The molecule has 1 aliphatic heterocycles. The Morgan fingerprint density at radius 1 is 1.23 bits per heavy atom. The van der Waals surface area contributed by atoms with Crippen molar-refractivity contribution < 1.29 is 9.59 Å². The van der Waals surface area contributed by atoms with E-state index in [1.165, 1.54) is 5.01 Å². The molecule has 0 fully saturated rings. The Bertz CT molecular complexity index is 884. The van der Waals surface area contributed by atoms with Gasteiger partial charge in [-0.2, -0.15) is 5.26 Å². The molecular formula is C19H17N5O2. The highest BCUT2D eigenvalue weighted by molar-refractivity contribution is 6.39. The Morgan fingerprint density at radius 3 is 2.58 bits per heavy atom. The predicted molar refractivity (Wildman–Crippen MR) is 97.1 cm³/mol. The summed E-state index contributed by atoms with van der Waals surface area (Å²) in [4.78, 5) is 28.6. The number of hydrogen-bond acceptors (Lipinski definition) is 5. The minimum absolute atomic E-state index is 0.0777. The molecule has 0 bridgehead atoms. The van der Waals surface area contributed by atoms with Gasteiger partial charge in [0.05, 0.1) is 23.4 Å². The van der Waals surface area contributed by atoms with E-state index in [1.807, 2.05) is 25.1 Å². The van der Waals surface area contributed by atoms with E-state index in [2.05, 4.69) is 21.8 Å². The lowest BCUT2D eigenvalue weighted by atomic mass is 10.1. The summed E-state index contributed by atoms with van der Waals surface area (Å²) < 4.78 is 0. The van der Waals surface area contributed by atoms with Gasteiger partial charge in [0.2, 0.25) is 5.84 Å². The van der Waals surface area contributed by atoms with Crippen LogP contribution in [0.1, 0.15) is 24.1 Å². The van der Waals surface area contributed by atoms with Crippen molar-refractivity contribution in [2.45, 2.75) is 13.0 Å². The number of hydrazine groups is 1. The molecule has 0 radical (unpaired) electrons. The lowest BCUT2D eigenvalue weighted by Gasteiger charge is -2.28. The maximum atomic E-state index is 12.5. The number of carbonyl (C=O) groups is 2. The Hall–Kier alpha value is -3.66. The topological polar surface area (TPSA) is 97.6 Å². The van der Waals surface area contributed by atoms with Gasteiger partial charge in [0.25, 0.3) is 11.8 Å². The number of nitriles is 1. The maximum Gasteiger partial charge on any atom is 0.288 e. The first-order valence-electron chi connectivity index (χ1n) is 8.08. The molecule has 2 aromatic carbocycles. The van der Waals surface area contributed by atoms with Gasteiger partial charge in [-0.3, -0.25) is 20.0 Å². The zero-order chi connectivity index (χ0) is 18.5. The summed E-state index contributed by atoms with van der Waals surface area (Å²) in [6.45, 7) is 1.73. The van der Waals surface area contributed by atoms with Crippen LogP contribution in [0.25, 0.3) is 0 Å². The molecule has 7 nitrogen and oxygen atoms in total. The molecular weight excluding hydrogens is 330 g/mol. The number of rotatable bonds is 4. The van der Waals surface area contributed by atoms with Gasteiger partial charge in [0.15, 0.2) is 0 Å². The molecule has 0 saturated heterocycles. The van der Waals surface area contributed by atoms with E-state index in [-0.39, 0.29) is 24.3 Å². The predicted octanol–water partition coefficient (Wildman–Crippen LogP) is 1.69. The Kier molecular flexibility index (Phi) is 4.94. The minimum atomic E-state index is -0.407. The van der Waals surface area contributed by atoms with Crippen LogP contribution in [0.15, 0.2) is 59.6 Å². The third-order valence-corrected chi connectivity index (χ3v) is 3.96. The summed E-state index contributed by atoms with van der Waals surface area (Å²) in [5, 5.41) is 13.0. The van der Waals surface area contributed by atoms with E-state index in [0.717, 1.165) is 5.56 Å². The Labute approximate surface area is 150 Å². The highest BCUT2D eigenvalue weighted by Gasteiger charge is 2.26. The minimum Gasteiger partial charge on any atom is -0.343 e. The van der Waals surface area contributed by atoms with Gasteiger partial charge < -0.3 is 5.32 Å². The molecule has 7 heteroatoms. The molecule has 0 unspecified atom stereocenters. The molecule has 1 heterocycles. The SMILES string of the molecule is C[C@H](NC(=O)C1=NCC(=O)N(c2ccccc2)N1)c1ccc(C#N)cc1. The number of benzene rings is 2. The van der Waals surface area contributed by atoms with Crippen LogP contribution in [-0.4, -0.2) is 24.2 Å². The second kappa shape index (κ2) is 7.49. The van der Waals surface area contributed by atoms with E-state index < -0.39 is 5.91 Å². The number of nitrogens with one attached hydrogen (secondary N) is 2. The van der Waals surface area contributed by atoms with Gasteiger partial charge in [-0.05, 0) is 36.8 Å². The lowest BCUT2D eigenvalue weighted by Crippen LogP contribution is -2.56. The molecule has 0 saturated carbocycles. The van der Waals surface area contributed by atoms with Gasteiger partial charge in [-0.15, -0.1) is 0 Å². The summed E-state index contributed by atoms with van der Waals surface area (Å²) in [5.74, 6) is -0.572. The van der Waals surface area contributed by atoms with Crippen LogP contribution in [-0.2, 0) is 9.59 Å². The van der Waals surface area contributed by atoms with Crippen molar-refractivity contribution in [2.75, 3.05) is 11.6 Å². The average molecular weight is 347 g/mol. The maximum absolute atomic E-state index is 12.5. The number of amides is 2. The zero-order valence-corrected chi connectivity index (χ0v) is 14.1. The molecule has 1 aliphatic rings. The average Bonchev–Trinajstić information content (AvgIpc) is 2.69. The number of amidine groups is 1. The number of aliphatic imine (C=N–C) groups is 1. The summed E-state index contributed by atoms with van der Waals surface area (Å²) in [6, 6.07) is 17.8. The largest absolute Gasteiger partial charge is 0.343 e. The van der Waals surface area contributed by atoms with Crippen LogP contribution < -0.4 is 15.8 Å². The van der Waals surface area contributed by atoms with Gasteiger partial charge in [0, 0.05) is 0 Å². The third kappa shape index (κ3) is 3.70. The Balaban J connectivity index is 1.69. The zero-order valence-electron chi connectivity index (χ0n) is 14.1. The fourth-order valence-electron chi connectivity index (χ4n) is 2.52. The van der Waals surface area contributed by atoms with Crippen molar-refractivity contribution in [3.8, 4) is 6.07 Å². The summed E-state index contributed by atoms with van der Waals surface area (Å²) in [7, 11) is 0. The highest BCUT2D eigenvalue weighted by atomic mass is 16.2. The van der Waals surface area contributed by atoms with E-state index in [1.54, 1.807) is 36.4 Å². The highest BCUT2D eigenvalue weighted by Crippen LogP contribution is 2.15. The fraction of sp³-hybridized carbons (Fsp3) is 0.158. The first-order valence-corrected chi connectivity index (χ1v) is 8.08. The molecule has 2 amide bonds. The van der Waals surface area contributed by atoms with Crippen LogP contribution in [0.3, 0.4) is 0 Å². The molecule has 3 rings (SSSR count). The van der Waals surface area contributed by atoms with Crippen molar-refractivity contribution in [2.24, 2.45) is 4.99 Å². The van der Waals surface area contributed by atoms with Crippen molar-refractivity contribution in [1.29, 1.82) is 5.26 Å². The number of anilines is 1. The van der Waals surface area contributed by atoms with Gasteiger partial charge in [-0.1, -0.05) is 30.3 Å². The van der Waals surface area contributed by atoms with Crippen LogP contribution in [0.5, 0.6) is 0 Å². The summed E-state index contributed by atoms with van der Waals surface area (Å²) in [5.41, 5.74) is 4.83. The summed E-state index contributed by atoms with van der Waals surface area (Å²) in [6.07, 6.45) is 0. The third-order valence-electron chi connectivity index (χ3n) is 3.96. The quantitative estimate of drug-likeness (QED) is 0.879. The number of nitrogens with zero attached hydrogens (tertiary/aromatic N) is 3. The van der Waals surface area contributed by atoms with E-state index >= 15 is 0 Å². The van der Waals surface area contributed by atoms with Crippen molar-refractivity contribution >= 4 is 23.3 Å². The van der Waals surface area contributed by atoms with Crippen LogP contribution in [0.2, 0.25) is 0 Å². The van der Waals surface area contributed by atoms with Gasteiger partial charge in [0.1, 0.15) is 6.54 Å². The van der Waals surface area contributed by atoms with E-state index in [9.17, 15) is 9.59 Å². The number of hydrogen-bond donors (Lipinski definition) is 2. The number of carbonyl (C=O) groups excluding carboxylic acids is 2. The van der Waals surface area contributed by atoms with Crippen molar-refractivity contribution in [3.05, 3.63) is 65.7 Å². The second-order valence-electron chi connectivity index (χ2n) is 5.77. The molecule has 0 aromatic heterocycles. The molecule has 0 spiro atoms. The summed E-state index contributed by atoms with van der Waals surface area (Å²) >= 11 is 0. The van der Waals surface area contributed by atoms with E-state index in [0.29, 0.717) is 11.3 Å².